The van der Waals surface area contributed by atoms with E-state index in [0.29, 0.717) is 37.2 Å². The van der Waals surface area contributed by atoms with Crippen molar-refractivity contribution < 1.29 is 17.9 Å². The SMILES string of the molecule is COc1ccc(S(=O)(=O)N2CCN(C(=O)CCc3cccc(C(=N)N)c3)CC2)cc1. The van der Waals surface area contributed by atoms with Gasteiger partial charge in [-0.05, 0) is 42.3 Å². The fraction of sp³-hybridized carbons (Fsp3) is 0.333. The van der Waals surface area contributed by atoms with Crippen molar-refractivity contribution in [2.75, 3.05) is 33.3 Å². The Labute approximate surface area is 176 Å². The van der Waals surface area contributed by atoms with E-state index < -0.39 is 10.0 Å². The van der Waals surface area contributed by atoms with Crippen LogP contribution in [0.2, 0.25) is 0 Å². The zero-order valence-corrected chi connectivity index (χ0v) is 17.7. The quantitative estimate of drug-likeness (QED) is 0.509. The summed E-state index contributed by atoms with van der Waals surface area (Å²) in [5.74, 6) is 0.584. The van der Waals surface area contributed by atoms with Crippen molar-refractivity contribution in [3.8, 4) is 5.75 Å². The molecule has 0 aliphatic carbocycles. The molecular weight excluding hydrogens is 404 g/mol. The largest absolute Gasteiger partial charge is 0.497 e. The Bertz CT molecular complexity index is 1010. The topological polar surface area (TPSA) is 117 Å². The lowest BCUT2D eigenvalue weighted by Crippen LogP contribution is -2.50. The van der Waals surface area contributed by atoms with Gasteiger partial charge in [0.05, 0.1) is 12.0 Å². The highest BCUT2D eigenvalue weighted by atomic mass is 32.2. The van der Waals surface area contributed by atoms with Crippen LogP contribution in [-0.2, 0) is 21.2 Å². The molecule has 0 spiro atoms. The minimum Gasteiger partial charge on any atom is -0.497 e. The Morgan fingerprint density at radius 1 is 1.10 bits per heavy atom. The van der Waals surface area contributed by atoms with Crippen LogP contribution in [0.25, 0.3) is 0 Å². The first-order valence-corrected chi connectivity index (χ1v) is 11.1. The molecule has 1 amide bonds. The Kier molecular flexibility index (Phi) is 6.73. The van der Waals surface area contributed by atoms with Gasteiger partial charge in [0.1, 0.15) is 11.6 Å². The van der Waals surface area contributed by atoms with E-state index in [4.69, 9.17) is 15.9 Å². The lowest BCUT2D eigenvalue weighted by Gasteiger charge is -2.34. The minimum atomic E-state index is -3.60. The zero-order chi connectivity index (χ0) is 21.7. The molecule has 2 aromatic carbocycles. The normalized spacial score (nSPS) is 15.0. The molecule has 3 N–H and O–H groups in total. The number of aryl methyl sites for hydroxylation is 1. The molecule has 8 nitrogen and oxygen atoms in total. The maximum Gasteiger partial charge on any atom is 0.243 e. The van der Waals surface area contributed by atoms with E-state index in [9.17, 15) is 13.2 Å². The van der Waals surface area contributed by atoms with Gasteiger partial charge < -0.3 is 15.4 Å². The first-order valence-electron chi connectivity index (χ1n) is 9.66. The maximum atomic E-state index is 12.8. The van der Waals surface area contributed by atoms with Crippen LogP contribution >= 0.6 is 0 Å². The highest BCUT2D eigenvalue weighted by Gasteiger charge is 2.30. The predicted octanol–water partition coefficient (Wildman–Crippen LogP) is 1.44. The molecule has 1 aliphatic rings. The highest BCUT2D eigenvalue weighted by Crippen LogP contribution is 2.21. The van der Waals surface area contributed by atoms with Gasteiger partial charge in [-0.15, -0.1) is 0 Å². The third kappa shape index (κ3) is 4.98. The third-order valence-corrected chi connectivity index (χ3v) is 7.07. The van der Waals surface area contributed by atoms with Crippen LogP contribution in [0.1, 0.15) is 17.5 Å². The van der Waals surface area contributed by atoms with Crippen LogP contribution in [0.15, 0.2) is 53.4 Å². The van der Waals surface area contributed by atoms with E-state index in [-0.39, 0.29) is 29.7 Å². The number of nitrogen functional groups attached to an aromatic ring is 1. The molecule has 0 unspecified atom stereocenters. The molecule has 0 atom stereocenters. The van der Waals surface area contributed by atoms with Crippen LogP contribution in [0.4, 0.5) is 0 Å². The zero-order valence-electron chi connectivity index (χ0n) is 16.9. The van der Waals surface area contributed by atoms with Crippen molar-refractivity contribution in [3.05, 3.63) is 59.7 Å². The fourth-order valence-electron chi connectivity index (χ4n) is 3.38. The van der Waals surface area contributed by atoms with Crippen molar-refractivity contribution in [2.24, 2.45) is 5.73 Å². The lowest BCUT2D eigenvalue weighted by atomic mass is 10.1. The number of carbonyl (C=O) groups is 1. The number of rotatable bonds is 7. The molecule has 0 bridgehead atoms. The number of amides is 1. The molecule has 9 heteroatoms. The first kappa shape index (κ1) is 21.8. The molecular formula is C21H26N4O4S. The molecule has 3 rings (SSSR count). The smallest absolute Gasteiger partial charge is 0.243 e. The van der Waals surface area contributed by atoms with Crippen molar-refractivity contribution in [1.29, 1.82) is 5.41 Å². The fourth-order valence-corrected chi connectivity index (χ4v) is 4.80. The Balaban J connectivity index is 1.54. The number of methoxy groups -OCH3 is 1. The van der Waals surface area contributed by atoms with Crippen LogP contribution in [0.5, 0.6) is 5.75 Å². The number of nitrogens with zero attached hydrogens (tertiary/aromatic N) is 2. The summed E-state index contributed by atoms with van der Waals surface area (Å²) in [6.45, 7) is 1.25. The van der Waals surface area contributed by atoms with Gasteiger partial charge in [-0.2, -0.15) is 4.31 Å². The Morgan fingerprint density at radius 3 is 2.37 bits per heavy atom. The number of hydrogen-bond acceptors (Lipinski definition) is 5. The van der Waals surface area contributed by atoms with Crippen molar-refractivity contribution in [3.63, 3.8) is 0 Å². The summed E-state index contributed by atoms with van der Waals surface area (Å²) in [5, 5.41) is 7.50. The summed E-state index contributed by atoms with van der Waals surface area (Å²) in [7, 11) is -2.07. The van der Waals surface area contributed by atoms with E-state index in [1.54, 1.807) is 23.1 Å². The molecule has 30 heavy (non-hydrogen) atoms. The number of piperazine rings is 1. The Morgan fingerprint density at radius 2 is 1.77 bits per heavy atom. The van der Waals surface area contributed by atoms with Gasteiger partial charge in [0.15, 0.2) is 0 Å². The second kappa shape index (κ2) is 9.27. The molecule has 0 aromatic heterocycles. The maximum absolute atomic E-state index is 12.8. The van der Waals surface area contributed by atoms with Crippen LogP contribution in [0, 0.1) is 5.41 Å². The van der Waals surface area contributed by atoms with Crippen molar-refractivity contribution in [1.82, 2.24) is 9.21 Å². The van der Waals surface area contributed by atoms with Gasteiger partial charge in [0.25, 0.3) is 0 Å². The van der Waals surface area contributed by atoms with Gasteiger partial charge in [0, 0.05) is 38.2 Å². The lowest BCUT2D eigenvalue weighted by molar-refractivity contribution is -0.132. The van der Waals surface area contributed by atoms with E-state index in [2.05, 4.69) is 0 Å². The predicted molar refractivity (Wildman–Crippen MR) is 114 cm³/mol. The number of carbonyl (C=O) groups excluding carboxylic acids is 1. The average Bonchev–Trinajstić information content (AvgIpc) is 2.77. The van der Waals surface area contributed by atoms with Crippen LogP contribution in [-0.4, -0.2) is 62.7 Å². The Hall–Kier alpha value is -2.91. The molecule has 1 fully saturated rings. The minimum absolute atomic E-state index is 0.00244. The molecule has 1 saturated heterocycles. The number of nitrogens with one attached hydrogen (secondary N) is 1. The van der Waals surface area contributed by atoms with Gasteiger partial charge >= 0.3 is 0 Å². The van der Waals surface area contributed by atoms with Gasteiger partial charge in [0.2, 0.25) is 15.9 Å². The number of amidine groups is 1. The summed E-state index contributed by atoms with van der Waals surface area (Å²) in [5.41, 5.74) is 7.09. The van der Waals surface area contributed by atoms with Gasteiger partial charge in [-0.1, -0.05) is 18.2 Å². The molecule has 0 saturated carbocycles. The van der Waals surface area contributed by atoms with E-state index in [1.807, 2.05) is 18.2 Å². The second-order valence-electron chi connectivity index (χ2n) is 7.07. The first-order chi connectivity index (χ1) is 14.3. The van der Waals surface area contributed by atoms with Gasteiger partial charge in [-0.25, -0.2) is 8.42 Å². The van der Waals surface area contributed by atoms with E-state index >= 15 is 0 Å². The highest BCUT2D eigenvalue weighted by molar-refractivity contribution is 7.89. The summed E-state index contributed by atoms with van der Waals surface area (Å²) in [6, 6.07) is 13.6. The summed E-state index contributed by atoms with van der Waals surface area (Å²) in [4.78, 5) is 14.5. The molecule has 0 radical (unpaired) electrons. The number of ether oxygens (including phenoxy) is 1. The number of nitrogens with two attached hydrogens (primary N) is 1. The standard InChI is InChI=1S/C21H26N4O4S/c1-29-18-6-8-19(9-7-18)30(27,28)25-13-11-24(12-14-25)20(26)10-5-16-3-2-4-17(15-16)21(22)23/h2-4,6-9,15H,5,10-14H2,1H3,(H3,22,23). The average molecular weight is 431 g/mol. The number of benzene rings is 2. The molecule has 1 heterocycles. The summed E-state index contributed by atoms with van der Waals surface area (Å²) < 4.78 is 32.1. The summed E-state index contributed by atoms with van der Waals surface area (Å²) >= 11 is 0. The van der Waals surface area contributed by atoms with E-state index in [1.165, 1.54) is 23.5 Å². The van der Waals surface area contributed by atoms with Crippen LogP contribution < -0.4 is 10.5 Å². The second-order valence-corrected chi connectivity index (χ2v) is 9.01. The third-order valence-electron chi connectivity index (χ3n) is 5.15. The van der Waals surface area contributed by atoms with Crippen molar-refractivity contribution >= 4 is 21.8 Å². The number of sulfonamides is 1. The number of hydrogen-bond donors (Lipinski definition) is 2. The van der Waals surface area contributed by atoms with Crippen LogP contribution in [0.3, 0.4) is 0 Å². The summed E-state index contributed by atoms with van der Waals surface area (Å²) in [6.07, 6.45) is 0.872. The van der Waals surface area contributed by atoms with E-state index in [0.717, 1.165) is 5.56 Å². The monoisotopic (exact) mass is 430 g/mol. The molecule has 160 valence electrons. The molecule has 1 aliphatic heterocycles. The molecule has 2 aromatic rings. The van der Waals surface area contributed by atoms with Crippen molar-refractivity contribution in [2.45, 2.75) is 17.7 Å². The van der Waals surface area contributed by atoms with Gasteiger partial charge in [-0.3, -0.25) is 10.2 Å².